The van der Waals surface area contributed by atoms with Gasteiger partial charge in [-0.25, -0.2) is 4.98 Å². The van der Waals surface area contributed by atoms with Gasteiger partial charge in [0.2, 0.25) is 5.89 Å². The quantitative estimate of drug-likeness (QED) is 0.854. The number of nitriles is 1. The Kier molecular flexibility index (Phi) is 3.92. The van der Waals surface area contributed by atoms with Crippen LogP contribution >= 0.6 is 0 Å². The van der Waals surface area contributed by atoms with E-state index in [4.69, 9.17) is 9.78 Å². The second-order valence-corrected chi connectivity index (χ2v) is 5.58. The first-order valence-corrected chi connectivity index (χ1v) is 7.30. The molecule has 3 heterocycles. The van der Waals surface area contributed by atoms with E-state index in [0.29, 0.717) is 17.5 Å². The predicted octanol–water partition coefficient (Wildman–Crippen LogP) is 1.79. The smallest absolute Gasteiger partial charge is 0.265 e. The standard InChI is InChI=1S/C15H18N6O/c1-20(2)15-18-14(22-19-15)11-6-8-21(9-7-11)13-5-3-4-12(10-16)17-13/h3-5,11H,6-9H2,1-2H3. The van der Waals surface area contributed by atoms with Gasteiger partial charge >= 0.3 is 0 Å². The Morgan fingerprint density at radius 1 is 1.27 bits per heavy atom. The minimum atomic E-state index is 0.289. The van der Waals surface area contributed by atoms with Crippen LogP contribution in [0.5, 0.6) is 0 Å². The summed E-state index contributed by atoms with van der Waals surface area (Å²) in [5, 5.41) is 12.9. The van der Waals surface area contributed by atoms with Gasteiger partial charge in [-0.15, -0.1) is 0 Å². The maximum absolute atomic E-state index is 8.94. The summed E-state index contributed by atoms with van der Waals surface area (Å²) in [7, 11) is 3.79. The number of pyridine rings is 1. The molecule has 7 heteroatoms. The third kappa shape index (κ3) is 2.86. The number of hydrogen-bond acceptors (Lipinski definition) is 7. The van der Waals surface area contributed by atoms with Gasteiger partial charge in [0.05, 0.1) is 0 Å². The largest absolute Gasteiger partial charge is 0.357 e. The highest BCUT2D eigenvalue weighted by molar-refractivity contribution is 5.42. The molecule has 22 heavy (non-hydrogen) atoms. The Balaban J connectivity index is 1.65. The lowest BCUT2D eigenvalue weighted by molar-refractivity contribution is 0.329. The summed E-state index contributed by atoms with van der Waals surface area (Å²) in [5.41, 5.74) is 0.451. The van der Waals surface area contributed by atoms with Crippen LogP contribution in [-0.2, 0) is 0 Å². The van der Waals surface area contributed by atoms with Crippen molar-refractivity contribution in [1.82, 2.24) is 15.1 Å². The molecule has 0 amide bonds. The Bertz CT molecular complexity index is 681. The van der Waals surface area contributed by atoms with Crippen LogP contribution in [0.25, 0.3) is 0 Å². The molecule has 1 fully saturated rings. The van der Waals surface area contributed by atoms with Crippen LogP contribution in [0, 0.1) is 11.3 Å². The lowest BCUT2D eigenvalue weighted by atomic mass is 9.97. The molecule has 7 nitrogen and oxygen atoms in total. The molecular weight excluding hydrogens is 280 g/mol. The van der Waals surface area contributed by atoms with E-state index in [1.807, 2.05) is 31.1 Å². The topological polar surface area (TPSA) is 82.1 Å². The van der Waals surface area contributed by atoms with Gasteiger partial charge < -0.3 is 14.3 Å². The van der Waals surface area contributed by atoms with Crippen LogP contribution in [0.4, 0.5) is 11.8 Å². The predicted molar refractivity (Wildman–Crippen MR) is 81.8 cm³/mol. The summed E-state index contributed by atoms with van der Waals surface area (Å²) in [6.45, 7) is 1.73. The number of piperidine rings is 1. The highest BCUT2D eigenvalue weighted by Gasteiger charge is 2.26. The monoisotopic (exact) mass is 298 g/mol. The molecule has 0 atom stereocenters. The Hall–Kier alpha value is -2.62. The number of hydrogen-bond donors (Lipinski definition) is 0. The fourth-order valence-electron chi connectivity index (χ4n) is 2.59. The van der Waals surface area contributed by atoms with Crippen LogP contribution in [0.3, 0.4) is 0 Å². The molecule has 0 bridgehead atoms. The van der Waals surface area contributed by atoms with E-state index >= 15 is 0 Å². The lowest BCUT2D eigenvalue weighted by Gasteiger charge is -2.31. The van der Waals surface area contributed by atoms with Gasteiger partial charge in [-0.3, -0.25) is 0 Å². The summed E-state index contributed by atoms with van der Waals surface area (Å²) < 4.78 is 5.36. The molecule has 1 saturated heterocycles. The number of aromatic nitrogens is 3. The number of rotatable bonds is 3. The van der Waals surface area contributed by atoms with Crippen molar-refractivity contribution in [3.63, 3.8) is 0 Å². The molecule has 2 aromatic heterocycles. The van der Waals surface area contributed by atoms with Crippen molar-refractivity contribution < 1.29 is 4.52 Å². The fraction of sp³-hybridized carbons (Fsp3) is 0.467. The normalized spacial score (nSPS) is 15.6. The third-order valence-electron chi connectivity index (χ3n) is 3.85. The second kappa shape index (κ2) is 6.02. The average molecular weight is 298 g/mol. The van der Waals surface area contributed by atoms with Crippen molar-refractivity contribution in [2.75, 3.05) is 37.0 Å². The van der Waals surface area contributed by atoms with Crippen LogP contribution < -0.4 is 9.80 Å². The highest BCUT2D eigenvalue weighted by atomic mass is 16.5. The highest BCUT2D eigenvalue weighted by Crippen LogP contribution is 2.29. The molecule has 0 radical (unpaired) electrons. The van der Waals surface area contributed by atoms with Crippen molar-refractivity contribution in [3.05, 3.63) is 29.8 Å². The van der Waals surface area contributed by atoms with Crippen molar-refractivity contribution in [2.24, 2.45) is 0 Å². The minimum Gasteiger partial charge on any atom is -0.357 e. The SMILES string of the molecule is CN(C)c1noc(C2CCN(c3cccc(C#N)n3)CC2)n1. The van der Waals surface area contributed by atoms with E-state index in [2.05, 4.69) is 26.1 Å². The molecule has 0 aromatic carbocycles. The molecule has 0 saturated carbocycles. The van der Waals surface area contributed by atoms with E-state index in [1.54, 1.807) is 6.07 Å². The molecule has 3 rings (SSSR count). The van der Waals surface area contributed by atoms with Gasteiger partial charge in [0.15, 0.2) is 0 Å². The molecular formula is C15H18N6O. The molecule has 114 valence electrons. The number of anilines is 2. The molecule has 0 aliphatic carbocycles. The first-order chi connectivity index (χ1) is 10.7. The zero-order valence-electron chi connectivity index (χ0n) is 12.7. The van der Waals surface area contributed by atoms with Crippen LogP contribution in [0.2, 0.25) is 0 Å². The fourth-order valence-corrected chi connectivity index (χ4v) is 2.59. The van der Waals surface area contributed by atoms with Crippen LogP contribution in [-0.4, -0.2) is 42.3 Å². The van der Waals surface area contributed by atoms with Crippen molar-refractivity contribution in [1.29, 1.82) is 5.26 Å². The lowest BCUT2D eigenvalue weighted by Crippen LogP contribution is -2.33. The Morgan fingerprint density at radius 2 is 2.05 bits per heavy atom. The summed E-state index contributed by atoms with van der Waals surface area (Å²) in [4.78, 5) is 12.8. The summed E-state index contributed by atoms with van der Waals surface area (Å²) >= 11 is 0. The summed E-state index contributed by atoms with van der Waals surface area (Å²) in [6.07, 6.45) is 1.88. The Morgan fingerprint density at radius 3 is 2.68 bits per heavy atom. The number of nitrogens with zero attached hydrogens (tertiary/aromatic N) is 6. The van der Waals surface area contributed by atoms with Crippen molar-refractivity contribution in [3.8, 4) is 6.07 Å². The second-order valence-electron chi connectivity index (χ2n) is 5.58. The van der Waals surface area contributed by atoms with Gasteiger partial charge in [-0.1, -0.05) is 6.07 Å². The maximum Gasteiger partial charge on any atom is 0.265 e. The average Bonchev–Trinajstić information content (AvgIpc) is 3.05. The zero-order chi connectivity index (χ0) is 15.5. The zero-order valence-corrected chi connectivity index (χ0v) is 12.7. The van der Waals surface area contributed by atoms with E-state index < -0.39 is 0 Å². The molecule has 1 aliphatic rings. The molecule has 2 aromatic rings. The van der Waals surface area contributed by atoms with Gasteiger partial charge in [-0.2, -0.15) is 10.2 Å². The minimum absolute atomic E-state index is 0.289. The first-order valence-electron chi connectivity index (χ1n) is 7.30. The van der Waals surface area contributed by atoms with Gasteiger partial charge in [0.25, 0.3) is 5.95 Å². The third-order valence-corrected chi connectivity index (χ3v) is 3.85. The summed E-state index contributed by atoms with van der Waals surface area (Å²) in [5.74, 6) is 2.47. The van der Waals surface area contributed by atoms with E-state index in [-0.39, 0.29) is 5.92 Å². The van der Waals surface area contributed by atoms with Gasteiger partial charge in [-0.05, 0) is 30.1 Å². The van der Waals surface area contributed by atoms with E-state index in [0.717, 1.165) is 31.7 Å². The molecule has 0 unspecified atom stereocenters. The van der Waals surface area contributed by atoms with Gasteiger partial charge in [0, 0.05) is 33.1 Å². The molecule has 0 spiro atoms. The van der Waals surface area contributed by atoms with E-state index in [9.17, 15) is 0 Å². The van der Waals surface area contributed by atoms with Crippen LogP contribution in [0.1, 0.15) is 30.3 Å². The van der Waals surface area contributed by atoms with Crippen LogP contribution in [0.15, 0.2) is 22.7 Å². The first kappa shape index (κ1) is 14.3. The Labute approximate surface area is 129 Å². The summed E-state index contributed by atoms with van der Waals surface area (Å²) in [6, 6.07) is 7.61. The van der Waals surface area contributed by atoms with Crippen molar-refractivity contribution >= 4 is 11.8 Å². The van der Waals surface area contributed by atoms with Gasteiger partial charge in [0.1, 0.15) is 17.6 Å². The maximum atomic E-state index is 8.94. The van der Waals surface area contributed by atoms with E-state index in [1.165, 1.54) is 0 Å². The molecule has 1 aliphatic heterocycles. The van der Waals surface area contributed by atoms with Crippen molar-refractivity contribution in [2.45, 2.75) is 18.8 Å². The molecule has 0 N–H and O–H groups in total.